The zero-order chi connectivity index (χ0) is 22.2. The van der Waals surface area contributed by atoms with Crippen molar-refractivity contribution < 1.29 is 27.6 Å². The SMILES string of the molecule is CN(C(=N)N)C(=O)c1cc2c(C(F)(F)F)cc(Oc3cccc([N+](=O)[O-])c3)cc2[nH]1. The van der Waals surface area contributed by atoms with Gasteiger partial charge in [0.2, 0.25) is 0 Å². The summed E-state index contributed by atoms with van der Waals surface area (Å²) in [6, 6.07) is 7.95. The van der Waals surface area contributed by atoms with Crippen LogP contribution in [0.1, 0.15) is 16.1 Å². The van der Waals surface area contributed by atoms with Gasteiger partial charge < -0.3 is 15.5 Å². The van der Waals surface area contributed by atoms with Gasteiger partial charge in [-0.25, -0.2) is 0 Å². The highest BCUT2D eigenvalue weighted by Gasteiger charge is 2.34. The number of aromatic nitrogens is 1. The van der Waals surface area contributed by atoms with Gasteiger partial charge in [-0.05, 0) is 18.2 Å². The standard InChI is InChI=1S/C18H14F3N5O4/c1-25(17(22)23)16(27)15-8-12-13(18(19,20)21)6-11(7-14(12)24-15)30-10-4-2-3-9(5-10)26(28)29/h2-8,24H,1H3,(H3,22,23). The first kappa shape index (κ1) is 20.6. The van der Waals surface area contributed by atoms with Crippen LogP contribution in [0.3, 0.4) is 0 Å². The first-order chi connectivity index (χ1) is 14.0. The van der Waals surface area contributed by atoms with Crippen molar-refractivity contribution in [3.8, 4) is 11.5 Å². The molecule has 4 N–H and O–H groups in total. The normalized spacial score (nSPS) is 11.3. The summed E-state index contributed by atoms with van der Waals surface area (Å²) in [6.45, 7) is 0. The van der Waals surface area contributed by atoms with Gasteiger partial charge in [-0.1, -0.05) is 6.07 Å². The van der Waals surface area contributed by atoms with Crippen LogP contribution in [0, 0.1) is 15.5 Å². The van der Waals surface area contributed by atoms with Gasteiger partial charge in [0.15, 0.2) is 5.96 Å². The molecular weight excluding hydrogens is 407 g/mol. The Morgan fingerprint density at radius 3 is 2.53 bits per heavy atom. The predicted molar refractivity (Wildman–Crippen MR) is 100 cm³/mol. The number of rotatable bonds is 4. The summed E-state index contributed by atoms with van der Waals surface area (Å²) in [4.78, 5) is 25.8. The van der Waals surface area contributed by atoms with E-state index in [1.54, 1.807) is 0 Å². The summed E-state index contributed by atoms with van der Waals surface area (Å²) < 4.78 is 46.2. The van der Waals surface area contributed by atoms with E-state index in [0.717, 1.165) is 23.1 Å². The van der Waals surface area contributed by atoms with Gasteiger partial charge in [0.1, 0.15) is 17.2 Å². The number of nitrogens with one attached hydrogen (secondary N) is 2. The monoisotopic (exact) mass is 421 g/mol. The number of hydrogen-bond acceptors (Lipinski definition) is 5. The Kier molecular flexibility index (Phi) is 5.08. The minimum Gasteiger partial charge on any atom is -0.457 e. The Hall–Kier alpha value is -4.09. The number of H-pyrrole nitrogens is 1. The molecule has 0 spiro atoms. The summed E-state index contributed by atoms with van der Waals surface area (Å²) in [5, 5.41) is 17.9. The molecule has 0 aliphatic rings. The van der Waals surface area contributed by atoms with Crippen LogP contribution in [0.15, 0.2) is 42.5 Å². The highest BCUT2D eigenvalue weighted by atomic mass is 19.4. The maximum absolute atomic E-state index is 13.6. The van der Waals surface area contributed by atoms with Crippen LogP contribution in [0.5, 0.6) is 11.5 Å². The van der Waals surface area contributed by atoms with Gasteiger partial charge in [0.05, 0.1) is 22.1 Å². The minimum absolute atomic E-state index is 0.0316. The fourth-order valence-electron chi connectivity index (χ4n) is 2.71. The average molecular weight is 421 g/mol. The van der Waals surface area contributed by atoms with Crippen molar-refractivity contribution in [1.82, 2.24) is 9.88 Å². The molecule has 0 fully saturated rings. The molecule has 30 heavy (non-hydrogen) atoms. The number of guanidine groups is 1. The molecule has 3 aromatic rings. The molecule has 0 unspecified atom stereocenters. The largest absolute Gasteiger partial charge is 0.457 e. The van der Waals surface area contributed by atoms with Crippen LogP contribution in [0.4, 0.5) is 18.9 Å². The Labute approximate surface area is 166 Å². The first-order valence-corrected chi connectivity index (χ1v) is 8.25. The third kappa shape index (κ3) is 4.01. The Bertz CT molecular complexity index is 1170. The lowest BCUT2D eigenvalue weighted by molar-refractivity contribution is -0.384. The zero-order valence-electron chi connectivity index (χ0n) is 15.3. The lowest BCUT2D eigenvalue weighted by Crippen LogP contribution is -2.38. The van der Waals surface area contributed by atoms with Gasteiger partial charge in [-0.3, -0.25) is 25.2 Å². The van der Waals surface area contributed by atoms with Crippen LogP contribution < -0.4 is 10.5 Å². The molecule has 0 bridgehead atoms. The molecule has 0 saturated carbocycles. The Balaban J connectivity index is 2.09. The maximum Gasteiger partial charge on any atom is 0.417 e. The summed E-state index contributed by atoms with van der Waals surface area (Å²) in [7, 11) is 1.21. The molecule has 1 heterocycles. The van der Waals surface area contributed by atoms with E-state index in [1.165, 1.54) is 31.3 Å². The quantitative estimate of drug-likeness (QED) is 0.254. The van der Waals surface area contributed by atoms with Gasteiger partial charge >= 0.3 is 6.18 Å². The number of halogens is 3. The molecule has 3 rings (SSSR count). The molecule has 9 nitrogen and oxygen atoms in total. The topological polar surface area (TPSA) is 138 Å². The van der Waals surface area contributed by atoms with E-state index < -0.39 is 28.5 Å². The number of amides is 1. The third-order valence-corrected chi connectivity index (χ3v) is 4.18. The summed E-state index contributed by atoms with van der Waals surface area (Å²) >= 11 is 0. The molecule has 1 aromatic heterocycles. The van der Waals surface area contributed by atoms with Gasteiger partial charge in [0.25, 0.3) is 11.6 Å². The van der Waals surface area contributed by atoms with Gasteiger partial charge in [0, 0.05) is 24.6 Å². The number of aromatic amines is 1. The second-order valence-corrected chi connectivity index (χ2v) is 6.22. The number of nitrogens with zero attached hydrogens (tertiary/aromatic N) is 2. The summed E-state index contributed by atoms with van der Waals surface area (Å²) in [5.41, 5.74) is 3.62. The highest BCUT2D eigenvalue weighted by molar-refractivity contribution is 6.06. The minimum atomic E-state index is -4.77. The predicted octanol–water partition coefficient (Wildman–Crippen LogP) is 3.85. The smallest absolute Gasteiger partial charge is 0.417 e. The second-order valence-electron chi connectivity index (χ2n) is 6.22. The number of non-ortho nitro benzene ring substituents is 1. The fourth-order valence-corrected chi connectivity index (χ4v) is 2.71. The molecule has 12 heteroatoms. The van der Waals surface area contributed by atoms with Gasteiger partial charge in [-0.15, -0.1) is 0 Å². The third-order valence-electron chi connectivity index (χ3n) is 4.18. The Morgan fingerprint density at radius 2 is 1.93 bits per heavy atom. The van der Waals surface area contributed by atoms with Gasteiger partial charge in [-0.2, -0.15) is 13.2 Å². The van der Waals surface area contributed by atoms with Crippen molar-refractivity contribution >= 4 is 28.5 Å². The summed E-state index contributed by atoms with van der Waals surface area (Å²) in [5.74, 6) is -1.65. The molecular formula is C18H14F3N5O4. The van der Waals surface area contributed by atoms with E-state index in [4.69, 9.17) is 15.9 Å². The van der Waals surface area contributed by atoms with Crippen molar-refractivity contribution in [2.75, 3.05) is 7.05 Å². The number of nitro benzene ring substituents is 1. The van der Waals surface area contributed by atoms with Crippen molar-refractivity contribution in [2.24, 2.45) is 5.73 Å². The molecule has 2 aromatic carbocycles. The summed E-state index contributed by atoms with van der Waals surface area (Å²) in [6.07, 6.45) is -4.77. The van der Waals surface area contributed by atoms with E-state index in [2.05, 4.69) is 4.98 Å². The Morgan fingerprint density at radius 1 is 1.23 bits per heavy atom. The number of hydrogen-bond donors (Lipinski definition) is 3. The molecule has 0 aliphatic heterocycles. The van der Waals surface area contributed by atoms with E-state index >= 15 is 0 Å². The van der Waals surface area contributed by atoms with Crippen LogP contribution >= 0.6 is 0 Å². The maximum atomic E-state index is 13.6. The van der Waals surface area contributed by atoms with E-state index in [1.807, 2.05) is 0 Å². The molecule has 0 aliphatic carbocycles. The molecule has 156 valence electrons. The van der Waals surface area contributed by atoms with Crippen molar-refractivity contribution in [1.29, 1.82) is 5.41 Å². The van der Waals surface area contributed by atoms with Crippen LogP contribution in [-0.2, 0) is 6.18 Å². The zero-order valence-corrected chi connectivity index (χ0v) is 15.3. The molecule has 0 atom stereocenters. The van der Waals surface area contributed by atoms with E-state index in [-0.39, 0.29) is 33.8 Å². The fraction of sp³-hybridized carbons (Fsp3) is 0.111. The molecule has 1 amide bonds. The number of fused-ring (bicyclic) bond motifs is 1. The van der Waals surface area contributed by atoms with Crippen LogP contribution in [0.25, 0.3) is 10.9 Å². The van der Waals surface area contributed by atoms with Crippen LogP contribution in [0.2, 0.25) is 0 Å². The molecule has 0 radical (unpaired) electrons. The molecule has 0 saturated heterocycles. The number of carbonyl (C=O) groups is 1. The lowest BCUT2D eigenvalue weighted by Gasteiger charge is -2.12. The average Bonchev–Trinajstić information content (AvgIpc) is 3.09. The number of alkyl halides is 3. The second kappa shape index (κ2) is 7.39. The van der Waals surface area contributed by atoms with Crippen molar-refractivity contribution in [3.63, 3.8) is 0 Å². The highest BCUT2D eigenvalue weighted by Crippen LogP contribution is 2.39. The van der Waals surface area contributed by atoms with E-state index in [0.29, 0.717) is 0 Å². The van der Waals surface area contributed by atoms with E-state index in [9.17, 15) is 28.1 Å². The number of carbonyl (C=O) groups excluding carboxylic acids is 1. The number of benzene rings is 2. The van der Waals surface area contributed by atoms with Crippen molar-refractivity contribution in [2.45, 2.75) is 6.18 Å². The number of ether oxygens (including phenoxy) is 1. The number of nitrogens with two attached hydrogens (primary N) is 1. The van der Waals surface area contributed by atoms with Crippen LogP contribution in [-0.4, -0.2) is 33.7 Å². The van der Waals surface area contributed by atoms with Crippen molar-refractivity contribution in [3.05, 3.63) is 63.8 Å². The number of nitro groups is 1. The first-order valence-electron chi connectivity index (χ1n) is 8.25. The lowest BCUT2D eigenvalue weighted by atomic mass is 10.1.